The summed E-state index contributed by atoms with van der Waals surface area (Å²) in [6, 6.07) is 1.63. The van der Waals surface area contributed by atoms with Crippen LogP contribution in [-0.2, 0) is 0 Å². The quantitative estimate of drug-likeness (QED) is 0.533. The lowest BCUT2D eigenvalue weighted by atomic mass is 9.96. The summed E-state index contributed by atoms with van der Waals surface area (Å²) in [6.45, 7) is 0. The summed E-state index contributed by atoms with van der Waals surface area (Å²) in [5.74, 6) is 0. The van der Waals surface area contributed by atoms with Gasteiger partial charge in [-0.15, -0.1) is 0 Å². The van der Waals surface area contributed by atoms with Gasteiger partial charge in [-0.25, -0.2) is 8.61 Å². The third kappa shape index (κ3) is 4.62. The third-order valence-electron chi connectivity index (χ3n) is 4.45. The largest absolute Gasteiger partial charge is 0.240 e. The van der Waals surface area contributed by atoms with E-state index in [-0.39, 0.29) is 0 Å². The molecule has 0 amide bonds. The van der Waals surface area contributed by atoms with Crippen molar-refractivity contribution in [3.05, 3.63) is 0 Å². The number of hydrogen-bond donors (Lipinski definition) is 0. The van der Waals surface area contributed by atoms with Gasteiger partial charge in [0, 0.05) is 34.0 Å². The van der Waals surface area contributed by atoms with Gasteiger partial charge in [-0.05, 0) is 39.8 Å². The van der Waals surface area contributed by atoms with Crippen LogP contribution in [0.3, 0.4) is 0 Å². The van der Waals surface area contributed by atoms with Gasteiger partial charge in [0.1, 0.15) is 0 Å². The second-order valence-corrected chi connectivity index (χ2v) is 8.17. The normalized spacial score (nSPS) is 24.0. The van der Waals surface area contributed by atoms with Crippen LogP contribution < -0.4 is 0 Å². The second kappa shape index (κ2) is 8.03. The minimum Gasteiger partial charge on any atom is -0.240 e. The highest BCUT2D eigenvalue weighted by molar-refractivity contribution is 8.74. The standard InChI is InChI=1S/C14H28N2S2/c1-15(13-9-5-3-6-10-13)17-18-16(2)14-11-7-4-8-12-14/h13-14H,3-12H2,1-2H3. The Hall–Kier alpha value is 0.620. The van der Waals surface area contributed by atoms with E-state index < -0.39 is 0 Å². The van der Waals surface area contributed by atoms with E-state index in [2.05, 4.69) is 22.7 Å². The predicted molar refractivity (Wildman–Crippen MR) is 84.5 cm³/mol. The van der Waals surface area contributed by atoms with E-state index in [0.717, 1.165) is 12.1 Å². The molecule has 0 spiro atoms. The van der Waals surface area contributed by atoms with Gasteiger partial charge < -0.3 is 0 Å². The maximum atomic E-state index is 2.50. The van der Waals surface area contributed by atoms with Gasteiger partial charge in [0.15, 0.2) is 0 Å². The van der Waals surface area contributed by atoms with Crippen molar-refractivity contribution >= 4 is 22.0 Å². The monoisotopic (exact) mass is 288 g/mol. The zero-order valence-corrected chi connectivity index (χ0v) is 13.6. The van der Waals surface area contributed by atoms with Gasteiger partial charge in [0.2, 0.25) is 0 Å². The van der Waals surface area contributed by atoms with Crippen molar-refractivity contribution in [2.75, 3.05) is 14.1 Å². The highest BCUT2D eigenvalue weighted by Gasteiger charge is 2.22. The predicted octanol–water partition coefficient (Wildman–Crippen LogP) is 4.73. The first-order chi connectivity index (χ1) is 8.77. The Morgan fingerprint density at radius 1 is 0.611 bits per heavy atom. The highest BCUT2D eigenvalue weighted by Crippen LogP contribution is 2.36. The number of hydrogen-bond acceptors (Lipinski definition) is 4. The minimum atomic E-state index is 0.816. The van der Waals surface area contributed by atoms with Crippen molar-refractivity contribution in [1.82, 2.24) is 8.61 Å². The molecular formula is C14H28N2S2. The van der Waals surface area contributed by atoms with Crippen LogP contribution in [0, 0.1) is 0 Å². The van der Waals surface area contributed by atoms with Crippen molar-refractivity contribution in [2.24, 2.45) is 0 Å². The smallest absolute Gasteiger partial charge is 0.0207 e. The average Bonchev–Trinajstić information content (AvgIpc) is 2.46. The molecule has 4 heteroatoms. The summed E-state index contributed by atoms with van der Waals surface area (Å²) in [4.78, 5) is 0. The maximum absolute atomic E-state index is 2.50. The van der Waals surface area contributed by atoms with Crippen LogP contribution in [0.15, 0.2) is 0 Å². The first kappa shape index (κ1) is 15.0. The van der Waals surface area contributed by atoms with Crippen LogP contribution in [0.2, 0.25) is 0 Å². The third-order valence-corrected chi connectivity index (χ3v) is 7.19. The molecule has 0 saturated heterocycles. The van der Waals surface area contributed by atoms with Gasteiger partial charge in [-0.1, -0.05) is 38.5 Å². The van der Waals surface area contributed by atoms with Crippen LogP contribution in [0.4, 0.5) is 0 Å². The van der Waals surface area contributed by atoms with E-state index in [1.807, 2.05) is 22.0 Å². The summed E-state index contributed by atoms with van der Waals surface area (Å²) < 4.78 is 5.01. The van der Waals surface area contributed by atoms with E-state index in [1.54, 1.807) is 0 Å². The molecule has 0 atom stereocenters. The second-order valence-electron chi connectivity index (χ2n) is 5.83. The fourth-order valence-corrected chi connectivity index (χ4v) is 5.35. The van der Waals surface area contributed by atoms with E-state index in [1.165, 1.54) is 64.2 Å². The SMILES string of the molecule is CN(SSN(C)C1CCCCC1)C1CCCCC1. The van der Waals surface area contributed by atoms with Gasteiger partial charge in [-0.3, -0.25) is 0 Å². The van der Waals surface area contributed by atoms with Crippen molar-refractivity contribution in [3.8, 4) is 0 Å². The Morgan fingerprint density at radius 3 is 1.28 bits per heavy atom. The maximum Gasteiger partial charge on any atom is 0.0207 e. The molecule has 0 heterocycles. The highest BCUT2D eigenvalue weighted by atomic mass is 33.1. The molecule has 0 aromatic rings. The minimum absolute atomic E-state index is 0.816. The Labute approximate surface area is 121 Å². The fourth-order valence-electron chi connectivity index (χ4n) is 3.12. The molecule has 2 fully saturated rings. The molecule has 0 unspecified atom stereocenters. The van der Waals surface area contributed by atoms with Crippen LogP contribution in [0.25, 0.3) is 0 Å². The van der Waals surface area contributed by atoms with Gasteiger partial charge in [-0.2, -0.15) is 0 Å². The Kier molecular flexibility index (Phi) is 6.70. The molecular weight excluding hydrogens is 260 g/mol. The Morgan fingerprint density at radius 2 is 0.944 bits per heavy atom. The molecule has 18 heavy (non-hydrogen) atoms. The molecule has 2 rings (SSSR count). The molecule has 0 radical (unpaired) electrons. The van der Waals surface area contributed by atoms with Crippen molar-refractivity contribution in [3.63, 3.8) is 0 Å². The van der Waals surface area contributed by atoms with Crippen molar-refractivity contribution < 1.29 is 0 Å². The van der Waals surface area contributed by atoms with Crippen molar-refractivity contribution in [2.45, 2.75) is 76.3 Å². The van der Waals surface area contributed by atoms with E-state index in [4.69, 9.17) is 0 Å². The van der Waals surface area contributed by atoms with Crippen LogP contribution in [0.5, 0.6) is 0 Å². The Balaban J connectivity index is 1.66. The zero-order valence-electron chi connectivity index (χ0n) is 11.9. The van der Waals surface area contributed by atoms with Crippen LogP contribution >= 0.6 is 22.0 Å². The summed E-state index contributed by atoms with van der Waals surface area (Å²) in [5.41, 5.74) is 0. The molecule has 0 bridgehead atoms. The van der Waals surface area contributed by atoms with E-state index in [0.29, 0.717) is 0 Å². The summed E-state index contributed by atoms with van der Waals surface area (Å²) in [7, 11) is 8.48. The lowest BCUT2D eigenvalue weighted by molar-refractivity contribution is 0.302. The van der Waals surface area contributed by atoms with Gasteiger partial charge in [0.25, 0.3) is 0 Å². The molecule has 0 N–H and O–H groups in total. The molecule has 0 aromatic carbocycles. The first-order valence-corrected chi connectivity index (χ1v) is 9.64. The van der Waals surface area contributed by atoms with Gasteiger partial charge in [0.05, 0.1) is 0 Å². The molecule has 2 aliphatic rings. The Bertz CT molecular complexity index is 202. The number of rotatable bonds is 5. The number of nitrogens with zero attached hydrogens (tertiary/aromatic N) is 2. The molecule has 0 aliphatic heterocycles. The summed E-state index contributed by atoms with van der Waals surface area (Å²) in [6.07, 6.45) is 14.2. The van der Waals surface area contributed by atoms with Crippen LogP contribution in [0.1, 0.15) is 64.2 Å². The first-order valence-electron chi connectivity index (χ1n) is 7.58. The van der Waals surface area contributed by atoms with Crippen LogP contribution in [-0.4, -0.2) is 34.8 Å². The lowest BCUT2D eigenvalue weighted by Crippen LogP contribution is -2.30. The topological polar surface area (TPSA) is 6.48 Å². The molecule has 2 saturated carbocycles. The van der Waals surface area contributed by atoms with Crippen molar-refractivity contribution in [1.29, 1.82) is 0 Å². The molecule has 106 valence electrons. The zero-order chi connectivity index (χ0) is 12.8. The summed E-state index contributed by atoms with van der Waals surface area (Å²) in [5, 5.41) is 0. The van der Waals surface area contributed by atoms with Gasteiger partial charge >= 0.3 is 0 Å². The van der Waals surface area contributed by atoms with E-state index >= 15 is 0 Å². The fraction of sp³-hybridized carbons (Fsp3) is 1.00. The molecule has 2 aliphatic carbocycles. The molecule has 2 nitrogen and oxygen atoms in total. The van der Waals surface area contributed by atoms with E-state index in [9.17, 15) is 0 Å². The molecule has 0 aromatic heterocycles. The lowest BCUT2D eigenvalue weighted by Gasteiger charge is -2.33. The average molecular weight is 289 g/mol. The summed E-state index contributed by atoms with van der Waals surface area (Å²) >= 11 is 0.